The number of aliphatic hydroxyl groups excluding tert-OH is 2. The van der Waals surface area contributed by atoms with E-state index in [4.69, 9.17) is 4.74 Å². The fourth-order valence-corrected chi connectivity index (χ4v) is 12.0. The number of phenols is 1. The van der Waals surface area contributed by atoms with Gasteiger partial charge >= 0.3 is 0 Å². The molecule has 1 aromatic rings. The first-order valence-corrected chi connectivity index (χ1v) is 25.2. The minimum Gasteiger partial charge on any atom is -0.507 e. The Hall–Kier alpha value is -2.08. The maximum Gasteiger partial charge on any atom is 0.127 e. The first kappa shape index (κ1) is 51.6. The molecule has 9 atom stereocenters. The summed E-state index contributed by atoms with van der Waals surface area (Å²) in [4.78, 5) is 0. The Bertz CT molecular complexity index is 1630. The molecule has 0 spiro atoms. The maximum atomic E-state index is 10.4. The Balaban J connectivity index is 0.000000269. The summed E-state index contributed by atoms with van der Waals surface area (Å²) in [5, 5.41) is 40.6. The summed E-state index contributed by atoms with van der Waals surface area (Å²) >= 11 is 0. The van der Waals surface area contributed by atoms with E-state index in [0.29, 0.717) is 35.8 Å². The standard InChI is InChI=1S/C29H50O2.C27H44O3/c1-20(2)12-9-13-21(3)14-10-15-22(4)16-11-18-29(8)19-17-26-25(7)27(30)23(5)24(6)28(26)31-29;1-18(8-6-14-26(3,4)30)23-12-13-24-20(9-7-15-27(23,24)5)10-11-21-16-22(28)17-25(29)19(21)2/h20-22,30H,9-19H2,1-8H3;10-11,18,22-25,28-30H,2,6-9,12-17H2,1,3-5H3/b;20-10+,21-11-/t;18-,22-,23-,24+,25+,27-/m.1/s1. The van der Waals surface area contributed by atoms with Crippen LogP contribution in [0.4, 0.5) is 0 Å². The average molecular weight is 847 g/mol. The third kappa shape index (κ3) is 14.5. The normalized spacial score (nSPS) is 29.5. The highest BCUT2D eigenvalue weighted by atomic mass is 16.5. The average Bonchev–Trinajstić information content (AvgIpc) is 3.54. The van der Waals surface area contributed by atoms with Gasteiger partial charge in [0.1, 0.15) is 17.1 Å². The quantitative estimate of drug-likeness (QED) is 0.118. The van der Waals surface area contributed by atoms with Crippen LogP contribution in [-0.4, -0.2) is 43.8 Å². The summed E-state index contributed by atoms with van der Waals surface area (Å²) in [6.45, 7) is 30.8. The van der Waals surface area contributed by atoms with Crippen LogP contribution in [0, 0.1) is 61.7 Å². The predicted molar refractivity (Wildman–Crippen MR) is 258 cm³/mol. The van der Waals surface area contributed by atoms with Crippen molar-refractivity contribution < 1.29 is 25.2 Å². The Labute approximate surface area is 375 Å². The third-order valence-electron chi connectivity index (χ3n) is 16.3. The predicted octanol–water partition coefficient (Wildman–Crippen LogP) is 14.5. The Kier molecular flexibility index (Phi) is 19.2. The molecule has 3 saturated carbocycles. The largest absolute Gasteiger partial charge is 0.507 e. The van der Waals surface area contributed by atoms with E-state index >= 15 is 0 Å². The zero-order valence-electron chi connectivity index (χ0n) is 41.5. The van der Waals surface area contributed by atoms with Gasteiger partial charge < -0.3 is 25.2 Å². The lowest BCUT2D eigenvalue weighted by molar-refractivity contribution is 0.0511. The molecule has 5 rings (SSSR count). The van der Waals surface area contributed by atoms with Crippen LogP contribution >= 0.6 is 0 Å². The van der Waals surface area contributed by atoms with Crippen molar-refractivity contribution in [2.24, 2.45) is 40.9 Å². The summed E-state index contributed by atoms with van der Waals surface area (Å²) in [5.74, 6) is 6.14. The first-order chi connectivity index (χ1) is 28.5. The van der Waals surface area contributed by atoms with Crippen molar-refractivity contribution in [1.82, 2.24) is 0 Å². The van der Waals surface area contributed by atoms with E-state index in [1.165, 1.54) is 95.5 Å². The van der Waals surface area contributed by atoms with E-state index in [2.05, 4.69) is 74.1 Å². The van der Waals surface area contributed by atoms with Crippen LogP contribution in [0.3, 0.4) is 0 Å². The molecule has 1 aromatic carbocycles. The van der Waals surface area contributed by atoms with Gasteiger partial charge in [-0.25, -0.2) is 0 Å². The van der Waals surface area contributed by atoms with E-state index in [1.807, 2.05) is 27.7 Å². The molecule has 0 amide bonds. The van der Waals surface area contributed by atoms with E-state index in [0.717, 1.165) is 89.4 Å². The number of rotatable bonds is 18. The van der Waals surface area contributed by atoms with Crippen molar-refractivity contribution in [2.75, 3.05) is 0 Å². The molecule has 3 aliphatic carbocycles. The molecule has 1 aliphatic heterocycles. The van der Waals surface area contributed by atoms with Crippen LogP contribution in [0.5, 0.6) is 11.5 Å². The first-order valence-electron chi connectivity index (χ1n) is 25.2. The monoisotopic (exact) mass is 847 g/mol. The van der Waals surface area contributed by atoms with Crippen molar-refractivity contribution in [3.05, 3.63) is 57.7 Å². The van der Waals surface area contributed by atoms with Crippen LogP contribution in [0.15, 0.2) is 35.5 Å². The van der Waals surface area contributed by atoms with Crippen LogP contribution in [0.25, 0.3) is 0 Å². The molecule has 0 bridgehead atoms. The third-order valence-corrected chi connectivity index (χ3v) is 16.3. The van der Waals surface area contributed by atoms with Crippen LogP contribution in [0.1, 0.15) is 213 Å². The molecule has 0 saturated heterocycles. The van der Waals surface area contributed by atoms with Crippen molar-refractivity contribution >= 4 is 0 Å². The number of phenolic OH excluding ortho intramolecular Hbond substituents is 1. The van der Waals surface area contributed by atoms with E-state index < -0.39 is 17.8 Å². The van der Waals surface area contributed by atoms with Gasteiger partial charge in [0.05, 0.1) is 17.8 Å². The van der Waals surface area contributed by atoms with Gasteiger partial charge in [-0.3, -0.25) is 0 Å². The molecule has 3 fully saturated rings. The lowest BCUT2D eigenvalue weighted by atomic mass is 9.60. The number of fused-ring (bicyclic) bond motifs is 2. The van der Waals surface area contributed by atoms with E-state index in [9.17, 15) is 20.4 Å². The number of hydrogen-bond donors (Lipinski definition) is 4. The Morgan fingerprint density at radius 3 is 2.08 bits per heavy atom. The number of allylic oxidation sites excluding steroid dienone is 3. The lowest BCUT2D eigenvalue weighted by Crippen LogP contribution is -2.37. The summed E-state index contributed by atoms with van der Waals surface area (Å²) in [5.41, 5.74) is 7.40. The molecule has 3 unspecified atom stereocenters. The fraction of sp³-hybridized carbons (Fsp3) is 0.786. The molecule has 4 aliphatic rings. The van der Waals surface area contributed by atoms with Gasteiger partial charge in [-0.05, 0) is 181 Å². The minimum atomic E-state index is -0.615. The number of aromatic hydroxyl groups is 1. The number of hydrogen-bond acceptors (Lipinski definition) is 5. The summed E-state index contributed by atoms with van der Waals surface area (Å²) in [6, 6.07) is 0. The van der Waals surface area contributed by atoms with Gasteiger partial charge in [-0.15, -0.1) is 0 Å². The molecule has 0 radical (unpaired) electrons. The van der Waals surface area contributed by atoms with Gasteiger partial charge in [0.15, 0.2) is 0 Å². The highest BCUT2D eigenvalue weighted by molar-refractivity contribution is 5.58. The second-order valence-electron chi connectivity index (χ2n) is 22.8. The second-order valence-corrected chi connectivity index (χ2v) is 22.8. The SMILES string of the molecule is C=C1/C(=C\C=C2/CCC[C@]3(C)[C@@H]([C@H](C)CCCC(C)(C)O)CC[C@@H]23)C[C@@H](O)C[C@@H]1O.Cc1c(C)c2c(c(C)c1O)CCC(C)(CCCC(C)CCCC(C)CCCC(C)C)O2. The molecular weight excluding hydrogens is 753 g/mol. The number of aliphatic hydroxyl groups is 3. The van der Waals surface area contributed by atoms with Crippen LogP contribution < -0.4 is 4.74 Å². The molecule has 5 nitrogen and oxygen atoms in total. The molecule has 0 aromatic heterocycles. The highest BCUT2D eigenvalue weighted by Gasteiger charge is 2.50. The highest BCUT2D eigenvalue weighted by Crippen LogP contribution is 2.60. The van der Waals surface area contributed by atoms with Gasteiger partial charge in [0, 0.05) is 12.0 Å². The zero-order valence-corrected chi connectivity index (χ0v) is 41.5. The smallest absolute Gasteiger partial charge is 0.127 e. The van der Waals surface area contributed by atoms with Crippen molar-refractivity contribution in [3.63, 3.8) is 0 Å². The van der Waals surface area contributed by atoms with Crippen molar-refractivity contribution in [3.8, 4) is 11.5 Å². The number of benzene rings is 1. The second kappa shape index (κ2) is 22.7. The Morgan fingerprint density at radius 1 is 0.803 bits per heavy atom. The molecule has 4 N–H and O–H groups in total. The molecule has 1 heterocycles. The van der Waals surface area contributed by atoms with Crippen LogP contribution in [-0.2, 0) is 6.42 Å². The minimum absolute atomic E-state index is 0.0712. The molecular formula is C56H94O5. The summed E-state index contributed by atoms with van der Waals surface area (Å²) in [7, 11) is 0. The van der Waals surface area contributed by atoms with E-state index in [-0.39, 0.29) is 5.60 Å². The summed E-state index contributed by atoms with van der Waals surface area (Å²) in [6.07, 6.45) is 27.9. The van der Waals surface area contributed by atoms with Crippen molar-refractivity contribution in [2.45, 2.75) is 241 Å². The number of ether oxygens (including phenoxy) is 1. The topological polar surface area (TPSA) is 90.2 Å². The van der Waals surface area contributed by atoms with E-state index in [1.54, 1.807) is 5.57 Å². The van der Waals surface area contributed by atoms with Gasteiger partial charge in [0.2, 0.25) is 0 Å². The van der Waals surface area contributed by atoms with Crippen LogP contribution in [0.2, 0.25) is 0 Å². The fourth-order valence-electron chi connectivity index (χ4n) is 12.0. The molecule has 61 heavy (non-hydrogen) atoms. The lowest BCUT2D eigenvalue weighted by Gasteiger charge is -2.44. The Morgan fingerprint density at radius 2 is 1.44 bits per heavy atom. The summed E-state index contributed by atoms with van der Waals surface area (Å²) < 4.78 is 6.60. The van der Waals surface area contributed by atoms with Gasteiger partial charge in [0.25, 0.3) is 0 Å². The molecule has 348 valence electrons. The molecule has 5 heteroatoms. The maximum absolute atomic E-state index is 10.4. The van der Waals surface area contributed by atoms with Gasteiger partial charge in [-0.2, -0.15) is 0 Å². The zero-order chi connectivity index (χ0) is 45.3. The van der Waals surface area contributed by atoms with Crippen molar-refractivity contribution in [1.29, 1.82) is 0 Å². The van der Waals surface area contributed by atoms with Gasteiger partial charge in [-0.1, -0.05) is 124 Å².